The fourth-order valence-corrected chi connectivity index (χ4v) is 6.32. The SMILES string of the molecule is CCc1cc(CC[SiH2]c2scc(C)c2C)cc(CC)c1O. The van der Waals surface area contributed by atoms with E-state index in [0.717, 1.165) is 30.4 Å². The van der Waals surface area contributed by atoms with Gasteiger partial charge in [-0.05, 0) is 70.8 Å². The van der Waals surface area contributed by atoms with E-state index in [1.165, 1.54) is 22.7 Å². The van der Waals surface area contributed by atoms with Gasteiger partial charge in [-0.1, -0.05) is 32.0 Å². The van der Waals surface area contributed by atoms with Crippen molar-refractivity contribution in [2.24, 2.45) is 0 Å². The Morgan fingerprint density at radius 1 is 1.10 bits per heavy atom. The Morgan fingerprint density at radius 2 is 1.71 bits per heavy atom. The minimum Gasteiger partial charge on any atom is -0.507 e. The van der Waals surface area contributed by atoms with Crippen LogP contribution in [0.5, 0.6) is 5.75 Å². The summed E-state index contributed by atoms with van der Waals surface area (Å²) in [6.45, 7) is 8.71. The molecule has 0 amide bonds. The van der Waals surface area contributed by atoms with Crippen molar-refractivity contribution in [3.8, 4) is 5.75 Å². The van der Waals surface area contributed by atoms with E-state index in [2.05, 4.69) is 45.2 Å². The zero-order valence-electron chi connectivity index (χ0n) is 13.6. The summed E-state index contributed by atoms with van der Waals surface area (Å²) in [4.78, 5) is 0. The fraction of sp³-hybridized carbons (Fsp3) is 0.444. The third-order valence-corrected chi connectivity index (χ3v) is 8.21. The zero-order chi connectivity index (χ0) is 15.4. The number of thiophene rings is 1. The first-order valence-corrected chi connectivity index (χ1v) is 10.5. The normalized spacial score (nSPS) is 11.6. The van der Waals surface area contributed by atoms with E-state index in [4.69, 9.17) is 0 Å². The van der Waals surface area contributed by atoms with Crippen molar-refractivity contribution in [2.45, 2.75) is 53.0 Å². The van der Waals surface area contributed by atoms with Crippen molar-refractivity contribution in [1.29, 1.82) is 0 Å². The number of hydrogen-bond acceptors (Lipinski definition) is 2. The molecule has 0 aliphatic heterocycles. The molecule has 1 N–H and O–H groups in total. The number of aryl methyl sites for hydroxylation is 4. The molecular weight excluding hydrogens is 292 g/mol. The highest BCUT2D eigenvalue weighted by Crippen LogP contribution is 2.26. The van der Waals surface area contributed by atoms with Crippen LogP contribution in [0.4, 0.5) is 0 Å². The minimum atomic E-state index is -0.154. The van der Waals surface area contributed by atoms with E-state index in [0.29, 0.717) is 5.75 Å². The molecule has 3 heteroatoms. The van der Waals surface area contributed by atoms with Gasteiger partial charge in [-0.3, -0.25) is 0 Å². The molecule has 2 aromatic rings. The smallest absolute Gasteiger partial charge is 0.121 e. The Balaban J connectivity index is 2.04. The van der Waals surface area contributed by atoms with Crippen molar-refractivity contribution < 1.29 is 5.11 Å². The quantitative estimate of drug-likeness (QED) is 0.806. The van der Waals surface area contributed by atoms with Crippen LogP contribution in [0.25, 0.3) is 0 Å². The fourth-order valence-electron chi connectivity index (χ4n) is 2.77. The van der Waals surface area contributed by atoms with E-state index < -0.39 is 0 Å². The Labute approximate surface area is 134 Å². The van der Waals surface area contributed by atoms with Gasteiger partial charge in [0.15, 0.2) is 0 Å². The van der Waals surface area contributed by atoms with Gasteiger partial charge in [0, 0.05) is 0 Å². The molecule has 21 heavy (non-hydrogen) atoms. The third kappa shape index (κ3) is 3.77. The first kappa shape index (κ1) is 16.3. The maximum atomic E-state index is 10.2. The van der Waals surface area contributed by atoms with Crippen LogP contribution in [-0.4, -0.2) is 14.6 Å². The lowest BCUT2D eigenvalue weighted by Crippen LogP contribution is -2.13. The Bertz CT molecular complexity index is 591. The van der Waals surface area contributed by atoms with Crippen LogP contribution in [0.2, 0.25) is 6.04 Å². The van der Waals surface area contributed by atoms with Gasteiger partial charge in [0.25, 0.3) is 0 Å². The molecule has 0 aliphatic carbocycles. The summed E-state index contributed by atoms with van der Waals surface area (Å²) in [5, 5.41) is 12.5. The molecule has 0 saturated carbocycles. The van der Waals surface area contributed by atoms with Gasteiger partial charge >= 0.3 is 0 Å². The van der Waals surface area contributed by atoms with Gasteiger partial charge in [-0.2, -0.15) is 11.3 Å². The average Bonchev–Trinajstić information content (AvgIpc) is 2.80. The maximum absolute atomic E-state index is 10.2. The van der Waals surface area contributed by atoms with E-state index in [-0.39, 0.29) is 9.52 Å². The number of rotatable bonds is 6. The van der Waals surface area contributed by atoms with Crippen molar-refractivity contribution in [3.05, 3.63) is 45.3 Å². The lowest BCUT2D eigenvalue weighted by molar-refractivity contribution is 0.462. The molecule has 0 saturated heterocycles. The number of phenolic OH excluding ortho intramolecular Hbond substituents is 1. The number of benzene rings is 1. The van der Waals surface area contributed by atoms with Gasteiger partial charge in [-0.15, -0.1) is 0 Å². The number of phenols is 1. The summed E-state index contributed by atoms with van der Waals surface area (Å²) in [5.74, 6) is 0.519. The molecule has 1 aromatic carbocycles. The lowest BCUT2D eigenvalue weighted by atomic mass is 9.99. The van der Waals surface area contributed by atoms with Crippen LogP contribution in [0.15, 0.2) is 17.5 Å². The zero-order valence-corrected chi connectivity index (χ0v) is 15.9. The summed E-state index contributed by atoms with van der Waals surface area (Å²) < 4.78 is 1.66. The van der Waals surface area contributed by atoms with Gasteiger partial charge in [-0.25, -0.2) is 0 Å². The van der Waals surface area contributed by atoms with Gasteiger partial charge < -0.3 is 5.11 Å². The maximum Gasteiger partial charge on any atom is 0.121 e. The van der Waals surface area contributed by atoms with Crippen LogP contribution in [0, 0.1) is 13.8 Å². The summed E-state index contributed by atoms with van der Waals surface area (Å²) >= 11 is 1.95. The second-order valence-electron chi connectivity index (χ2n) is 5.79. The third-order valence-electron chi connectivity index (χ3n) is 4.35. The van der Waals surface area contributed by atoms with E-state index in [9.17, 15) is 5.11 Å². The summed E-state index contributed by atoms with van der Waals surface area (Å²) in [7, 11) is -0.154. The molecule has 2 rings (SSSR count). The van der Waals surface area contributed by atoms with Gasteiger partial charge in [0.1, 0.15) is 5.75 Å². The van der Waals surface area contributed by atoms with E-state index >= 15 is 0 Å². The van der Waals surface area contributed by atoms with Crippen LogP contribution in [0.3, 0.4) is 0 Å². The topological polar surface area (TPSA) is 20.2 Å². The van der Waals surface area contributed by atoms with Gasteiger partial charge in [0.2, 0.25) is 0 Å². The molecule has 0 spiro atoms. The summed E-state index contributed by atoms with van der Waals surface area (Å²) in [5.41, 5.74) is 6.60. The summed E-state index contributed by atoms with van der Waals surface area (Å²) in [6.07, 6.45) is 2.98. The number of aromatic hydroxyl groups is 1. The summed E-state index contributed by atoms with van der Waals surface area (Å²) in [6, 6.07) is 5.72. The van der Waals surface area contributed by atoms with Crippen molar-refractivity contribution >= 4 is 25.4 Å². The van der Waals surface area contributed by atoms with Crippen LogP contribution < -0.4 is 4.50 Å². The highest BCUT2D eigenvalue weighted by Gasteiger charge is 2.09. The molecule has 1 heterocycles. The highest BCUT2D eigenvalue weighted by molar-refractivity contribution is 7.20. The van der Waals surface area contributed by atoms with E-state index in [1.54, 1.807) is 4.50 Å². The Kier molecular flexibility index (Phi) is 5.65. The second kappa shape index (κ2) is 7.28. The molecule has 114 valence electrons. The van der Waals surface area contributed by atoms with Gasteiger partial charge in [0.05, 0.1) is 9.52 Å². The Morgan fingerprint density at radius 3 is 2.19 bits per heavy atom. The molecule has 0 bridgehead atoms. The minimum absolute atomic E-state index is 0.154. The molecular formula is C18H26OSSi. The van der Waals surface area contributed by atoms with Crippen LogP contribution in [-0.2, 0) is 19.3 Å². The first-order valence-electron chi connectivity index (χ1n) is 7.94. The molecule has 0 radical (unpaired) electrons. The molecule has 0 unspecified atom stereocenters. The highest BCUT2D eigenvalue weighted by atomic mass is 32.1. The first-order chi connectivity index (χ1) is 10.1. The Hall–Kier alpha value is -1.06. The molecule has 1 nitrogen and oxygen atoms in total. The standard InChI is InChI=1S/C18H26OSSi/c1-5-15-9-14(10-16(6-2)17(15)19)7-8-21-18-13(4)12(3)11-20-18/h9-11,19H,5-8,21H2,1-4H3. The molecule has 1 aromatic heterocycles. The largest absolute Gasteiger partial charge is 0.507 e. The second-order valence-corrected chi connectivity index (χ2v) is 9.18. The van der Waals surface area contributed by atoms with Crippen LogP contribution in [0.1, 0.15) is 41.7 Å². The lowest BCUT2D eigenvalue weighted by Gasteiger charge is -2.11. The van der Waals surface area contributed by atoms with Crippen molar-refractivity contribution in [3.63, 3.8) is 0 Å². The molecule has 0 atom stereocenters. The van der Waals surface area contributed by atoms with Crippen molar-refractivity contribution in [2.75, 3.05) is 0 Å². The molecule has 0 aliphatic rings. The van der Waals surface area contributed by atoms with E-state index in [1.807, 2.05) is 11.3 Å². The number of hydrogen-bond donors (Lipinski definition) is 1. The predicted molar refractivity (Wildman–Crippen MR) is 97.3 cm³/mol. The van der Waals surface area contributed by atoms with Crippen LogP contribution >= 0.6 is 11.3 Å². The predicted octanol–water partition coefficient (Wildman–Crippen LogP) is 3.65. The average molecular weight is 319 g/mol. The monoisotopic (exact) mass is 318 g/mol. The molecule has 0 fully saturated rings. The van der Waals surface area contributed by atoms with Crippen molar-refractivity contribution in [1.82, 2.24) is 0 Å².